The quantitative estimate of drug-likeness (QED) is 0.499. The summed E-state index contributed by atoms with van der Waals surface area (Å²) < 4.78 is 13.7. The van der Waals surface area contributed by atoms with Crippen LogP contribution < -0.4 is 20.3 Å². The van der Waals surface area contributed by atoms with Crippen LogP contribution in [0, 0.1) is 0 Å². The predicted molar refractivity (Wildman–Crippen MR) is 112 cm³/mol. The first-order valence-corrected chi connectivity index (χ1v) is 9.39. The van der Waals surface area contributed by atoms with Crippen LogP contribution in [0.4, 0.5) is 0 Å². The number of fused-ring (bicyclic) bond motifs is 2. The van der Waals surface area contributed by atoms with Crippen molar-refractivity contribution in [2.24, 2.45) is 0 Å². The minimum atomic E-state index is -0.418. The number of hydrogen-bond acceptors (Lipinski definition) is 6. The van der Waals surface area contributed by atoms with E-state index < -0.39 is 5.56 Å². The van der Waals surface area contributed by atoms with E-state index in [9.17, 15) is 9.59 Å². The lowest BCUT2D eigenvalue weighted by Gasteiger charge is -2.12. The van der Waals surface area contributed by atoms with Crippen LogP contribution in [0.25, 0.3) is 21.8 Å². The summed E-state index contributed by atoms with van der Waals surface area (Å²) in [7, 11) is 2.97. The second kappa shape index (κ2) is 8.24. The van der Waals surface area contributed by atoms with Gasteiger partial charge in [0.1, 0.15) is 6.54 Å². The lowest BCUT2D eigenvalue weighted by Crippen LogP contribution is -2.35. The summed E-state index contributed by atoms with van der Waals surface area (Å²) in [4.78, 5) is 29.6. The van der Waals surface area contributed by atoms with Gasteiger partial charge >= 0.3 is 0 Å². The summed E-state index contributed by atoms with van der Waals surface area (Å²) in [6, 6.07) is 11.2. The minimum absolute atomic E-state index is 0.195. The van der Waals surface area contributed by atoms with E-state index in [1.165, 1.54) is 20.4 Å². The highest BCUT2D eigenvalue weighted by Crippen LogP contribution is 2.32. The molecule has 2 heterocycles. The van der Waals surface area contributed by atoms with E-state index in [1.54, 1.807) is 18.5 Å². The van der Waals surface area contributed by atoms with Crippen LogP contribution in [0.1, 0.15) is 0 Å². The molecule has 0 radical (unpaired) electrons. The molecular formula is C21H21N5O4. The van der Waals surface area contributed by atoms with Crippen molar-refractivity contribution in [3.63, 3.8) is 0 Å². The van der Waals surface area contributed by atoms with Gasteiger partial charge in [-0.25, -0.2) is 9.67 Å². The summed E-state index contributed by atoms with van der Waals surface area (Å²) in [5.74, 6) is 0.454. The van der Waals surface area contributed by atoms with Crippen molar-refractivity contribution in [1.82, 2.24) is 24.6 Å². The Kier molecular flexibility index (Phi) is 5.34. The average Bonchev–Trinajstić information content (AvgIpc) is 3.18. The largest absolute Gasteiger partial charge is 0.493 e. The van der Waals surface area contributed by atoms with Gasteiger partial charge in [0.2, 0.25) is 5.91 Å². The summed E-state index contributed by atoms with van der Waals surface area (Å²) >= 11 is 0. The first kappa shape index (κ1) is 19.4. The average molecular weight is 407 g/mol. The van der Waals surface area contributed by atoms with Crippen molar-refractivity contribution in [2.45, 2.75) is 13.1 Å². The number of rotatable bonds is 7. The van der Waals surface area contributed by atoms with Gasteiger partial charge in [-0.2, -0.15) is 5.10 Å². The molecule has 154 valence electrons. The molecule has 2 aromatic heterocycles. The van der Waals surface area contributed by atoms with E-state index in [0.717, 1.165) is 15.7 Å². The molecule has 4 aromatic rings. The lowest BCUT2D eigenvalue weighted by molar-refractivity contribution is -0.121. The summed E-state index contributed by atoms with van der Waals surface area (Å²) in [5.41, 5.74) is 1.49. The first-order chi connectivity index (χ1) is 14.6. The number of para-hydroxylation sites is 2. The number of nitrogens with one attached hydrogen (secondary N) is 1. The standard InChI is InChI=1S/C21H21N5O4/c1-29-17-8-7-14-11-24-26(21(28)19(14)20(17)30-2)12-18(27)22-9-10-25-13-23-15-5-3-4-6-16(15)25/h3-8,11,13H,9-10,12H2,1-2H3,(H,22,27). The molecule has 0 unspecified atom stereocenters. The number of imidazole rings is 1. The molecule has 9 nitrogen and oxygen atoms in total. The van der Waals surface area contributed by atoms with Crippen LogP contribution >= 0.6 is 0 Å². The molecule has 0 aliphatic heterocycles. The Morgan fingerprint density at radius 1 is 1.13 bits per heavy atom. The molecule has 1 amide bonds. The highest BCUT2D eigenvalue weighted by Gasteiger charge is 2.16. The van der Waals surface area contributed by atoms with Crippen molar-refractivity contribution in [1.29, 1.82) is 0 Å². The zero-order valence-corrected chi connectivity index (χ0v) is 16.7. The molecule has 0 bridgehead atoms. The minimum Gasteiger partial charge on any atom is -0.493 e. The molecular weight excluding hydrogens is 386 g/mol. The molecule has 0 saturated carbocycles. The van der Waals surface area contributed by atoms with E-state index in [4.69, 9.17) is 9.47 Å². The van der Waals surface area contributed by atoms with Crippen molar-refractivity contribution in [3.05, 3.63) is 59.3 Å². The van der Waals surface area contributed by atoms with Gasteiger partial charge in [-0.1, -0.05) is 12.1 Å². The van der Waals surface area contributed by atoms with Gasteiger partial charge in [0.05, 0.1) is 43.2 Å². The maximum atomic E-state index is 12.9. The highest BCUT2D eigenvalue weighted by molar-refractivity contribution is 5.89. The Bertz CT molecular complexity index is 1280. The molecule has 0 aliphatic carbocycles. The molecule has 1 N–H and O–H groups in total. The molecule has 0 aliphatic rings. The topological polar surface area (TPSA) is 100 Å². The van der Waals surface area contributed by atoms with Crippen LogP contribution in [-0.4, -0.2) is 46.0 Å². The van der Waals surface area contributed by atoms with Gasteiger partial charge in [0.25, 0.3) is 5.56 Å². The SMILES string of the molecule is COc1ccc2cnn(CC(=O)NCCn3cnc4ccccc43)c(=O)c2c1OC. The monoisotopic (exact) mass is 407 g/mol. The second-order valence-corrected chi connectivity index (χ2v) is 6.65. The Labute approximate surface area is 171 Å². The molecule has 30 heavy (non-hydrogen) atoms. The Hall–Kier alpha value is -3.88. The number of methoxy groups -OCH3 is 2. The predicted octanol–water partition coefficient (Wildman–Crippen LogP) is 1.58. The first-order valence-electron chi connectivity index (χ1n) is 9.39. The van der Waals surface area contributed by atoms with Gasteiger partial charge < -0.3 is 19.4 Å². The van der Waals surface area contributed by atoms with Gasteiger partial charge in [0.15, 0.2) is 11.5 Å². The normalized spacial score (nSPS) is 11.0. The maximum Gasteiger partial charge on any atom is 0.279 e. The molecule has 0 saturated heterocycles. The van der Waals surface area contributed by atoms with E-state index in [1.807, 2.05) is 28.8 Å². The van der Waals surface area contributed by atoms with Crippen LogP contribution in [0.5, 0.6) is 11.5 Å². The molecule has 9 heteroatoms. The third-order valence-corrected chi connectivity index (χ3v) is 4.86. The Morgan fingerprint density at radius 3 is 2.77 bits per heavy atom. The Morgan fingerprint density at radius 2 is 1.97 bits per heavy atom. The summed E-state index contributed by atoms with van der Waals surface area (Å²) in [6.45, 7) is 0.774. The van der Waals surface area contributed by atoms with Gasteiger partial charge in [0, 0.05) is 18.5 Å². The number of benzene rings is 2. The van der Waals surface area contributed by atoms with Crippen molar-refractivity contribution >= 4 is 27.7 Å². The molecule has 0 spiro atoms. The van der Waals surface area contributed by atoms with Gasteiger partial charge in [-0.3, -0.25) is 9.59 Å². The molecule has 0 fully saturated rings. The zero-order chi connectivity index (χ0) is 21.1. The smallest absolute Gasteiger partial charge is 0.279 e. The number of carbonyl (C=O) groups excluding carboxylic acids is 1. The van der Waals surface area contributed by atoms with Crippen molar-refractivity contribution in [3.8, 4) is 11.5 Å². The van der Waals surface area contributed by atoms with E-state index in [0.29, 0.717) is 35.4 Å². The lowest BCUT2D eigenvalue weighted by atomic mass is 10.1. The number of nitrogens with zero attached hydrogens (tertiary/aromatic N) is 4. The summed E-state index contributed by atoms with van der Waals surface area (Å²) in [6.07, 6.45) is 3.27. The number of aromatic nitrogens is 4. The van der Waals surface area contributed by atoms with E-state index in [2.05, 4.69) is 15.4 Å². The van der Waals surface area contributed by atoms with Crippen LogP contribution in [0.2, 0.25) is 0 Å². The third kappa shape index (κ3) is 3.57. The number of amides is 1. The van der Waals surface area contributed by atoms with E-state index in [-0.39, 0.29) is 12.5 Å². The van der Waals surface area contributed by atoms with Gasteiger partial charge in [-0.15, -0.1) is 0 Å². The fourth-order valence-electron chi connectivity index (χ4n) is 3.39. The molecule has 0 atom stereocenters. The number of hydrogen-bond donors (Lipinski definition) is 1. The number of ether oxygens (including phenoxy) is 2. The van der Waals surface area contributed by atoms with E-state index >= 15 is 0 Å². The van der Waals surface area contributed by atoms with Crippen molar-refractivity contribution < 1.29 is 14.3 Å². The Balaban J connectivity index is 1.47. The second-order valence-electron chi connectivity index (χ2n) is 6.65. The number of carbonyl (C=O) groups is 1. The van der Waals surface area contributed by atoms with Crippen molar-refractivity contribution in [2.75, 3.05) is 20.8 Å². The van der Waals surface area contributed by atoms with Crippen LogP contribution in [-0.2, 0) is 17.9 Å². The fraction of sp³-hybridized carbons (Fsp3) is 0.238. The fourth-order valence-corrected chi connectivity index (χ4v) is 3.39. The zero-order valence-electron chi connectivity index (χ0n) is 16.7. The van der Waals surface area contributed by atoms with Gasteiger partial charge in [-0.05, 0) is 24.3 Å². The maximum absolute atomic E-state index is 12.9. The highest BCUT2D eigenvalue weighted by atomic mass is 16.5. The summed E-state index contributed by atoms with van der Waals surface area (Å²) in [5, 5.41) is 7.86. The van der Waals surface area contributed by atoms with Crippen LogP contribution in [0.3, 0.4) is 0 Å². The van der Waals surface area contributed by atoms with Crippen LogP contribution in [0.15, 0.2) is 53.7 Å². The molecule has 4 rings (SSSR count). The molecule has 2 aromatic carbocycles. The third-order valence-electron chi connectivity index (χ3n) is 4.86.